The summed E-state index contributed by atoms with van der Waals surface area (Å²) in [5, 5.41) is 1.94. The molecule has 4 saturated carbocycles. The number of hydrogen-bond donors (Lipinski definition) is 1. The van der Waals surface area contributed by atoms with Gasteiger partial charge in [-0.1, -0.05) is 6.07 Å². The smallest absolute Gasteiger partial charge is 0.290 e. The largest absolute Gasteiger partial charge is 0.454 e. The summed E-state index contributed by atoms with van der Waals surface area (Å²) < 4.78 is 11.9. The van der Waals surface area contributed by atoms with Crippen LogP contribution in [0.2, 0.25) is 0 Å². The Hall–Kier alpha value is -2.80. The van der Waals surface area contributed by atoms with Crippen LogP contribution in [-0.2, 0) is 10.2 Å². The molecule has 3 heterocycles. The number of rotatable bonds is 3. The van der Waals surface area contributed by atoms with Crippen LogP contribution in [-0.4, -0.2) is 22.9 Å². The molecule has 5 fully saturated rings. The number of benzene rings is 1. The number of imide groups is 1. The molecule has 168 valence electrons. The minimum atomic E-state index is -0.356. The molecule has 7 heteroatoms. The van der Waals surface area contributed by atoms with E-state index in [0.717, 1.165) is 57.8 Å². The molecule has 0 unspecified atom stereocenters. The molecule has 4 aliphatic carbocycles. The number of carbonyl (C=O) groups excluding carboxylic acids is 2. The quantitative estimate of drug-likeness (QED) is 0.629. The van der Waals surface area contributed by atoms with Crippen LogP contribution in [0.5, 0.6) is 11.5 Å². The fourth-order valence-electron chi connectivity index (χ4n) is 7.23. The predicted octanol–water partition coefficient (Wildman–Crippen LogP) is 5.27. The predicted molar refractivity (Wildman–Crippen MR) is 125 cm³/mol. The summed E-state index contributed by atoms with van der Waals surface area (Å²) in [5.74, 6) is 3.95. The number of ether oxygens (including phenoxy) is 2. The van der Waals surface area contributed by atoms with Crippen LogP contribution in [0.4, 0.5) is 4.79 Å². The van der Waals surface area contributed by atoms with E-state index in [1.807, 2.05) is 18.2 Å². The molecule has 6 nitrogen and oxygen atoms in total. The second-order valence-corrected chi connectivity index (χ2v) is 11.3. The van der Waals surface area contributed by atoms with Gasteiger partial charge in [-0.3, -0.25) is 19.9 Å². The number of aromatic nitrogens is 1. The Morgan fingerprint density at radius 2 is 1.79 bits per heavy atom. The summed E-state index contributed by atoms with van der Waals surface area (Å²) in [5.41, 5.74) is 4.20. The molecule has 0 spiro atoms. The highest BCUT2D eigenvalue weighted by Crippen LogP contribution is 2.63. The van der Waals surface area contributed by atoms with Crippen molar-refractivity contribution in [2.45, 2.75) is 43.9 Å². The molecule has 6 aliphatic rings. The molecule has 2 aromatic rings. The fourth-order valence-corrected chi connectivity index (χ4v) is 7.91. The van der Waals surface area contributed by atoms with Gasteiger partial charge in [0, 0.05) is 17.3 Å². The van der Waals surface area contributed by atoms with Gasteiger partial charge in [-0.25, -0.2) is 0 Å². The zero-order valence-electron chi connectivity index (χ0n) is 18.1. The molecule has 0 atom stereocenters. The van der Waals surface area contributed by atoms with E-state index in [-0.39, 0.29) is 23.4 Å². The van der Waals surface area contributed by atoms with Gasteiger partial charge in [0.25, 0.3) is 11.1 Å². The van der Waals surface area contributed by atoms with E-state index in [4.69, 9.17) is 9.47 Å². The maximum Gasteiger partial charge on any atom is 0.290 e. The Kier molecular flexibility index (Phi) is 4.23. The van der Waals surface area contributed by atoms with Gasteiger partial charge in [-0.15, -0.1) is 0 Å². The average Bonchev–Trinajstić information content (AvgIpc) is 3.38. The number of amides is 2. The van der Waals surface area contributed by atoms with Gasteiger partial charge in [0.2, 0.25) is 6.79 Å². The van der Waals surface area contributed by atoms with E-state index in [1.165, 1.54) is 44.1 Å². The zero-order chi connectivity index (χ0) is 22.2. The van der Waals surface area contributed by atoms with Crippen LogP contribution in [0, 0.1) is 17.8 Å². The van der Waals surface area contributed by atoms with Gasteiger partial charge in [-0.05, 0) is 103 Å². The topological polar surface area (TPSA) is 77.5 Å². The van der Waals surface area contributed by atoms with E-state index in [2.05, 4.69) is 16.4 Å². The number of hydrogen-bond acceptors (Lipinski definition) is 6. The van der Waals surface area contributed by atoms with Crippen LogP contribution in [0.25, 0.3) is 17.3 Å². The molecule has 2 aliphatic heterocycles. The molecule has 4 bridgehead atoms. The van der Waals surface area contributed by atoms with E-state index in [1.54, 1.807) is 12.3 Å². The Balaban J connectivity index is 1.26. The molecule has 1 saturated heterocycles. The van der Waals surface area contributed by atoms with E-state index < -0.39 is 0 Å². The molecular formula is C26H24N2O4S. The first-order valence-corrected chi connectivity index (χ1v) is 12.5. The average molecular weight is 461 g/mol. The van der Waals surface area contributed by atoms with Crippen molar-refractivity contribution in [2.75, 3.05) is 6.79 Å². The van der Waals surface area contributed by atoms with Gasteiger partial charge in [0.15, 0.2) is 11.5 Å². The highest BCUT2D eigenvalue weighted by molar-refractivity contribution is 8.18. The maximum atomic E-state index is 11.8. The second kappa shape index (κ2) is 7.10. The monoisotopic (exact) mass is 460 g/mol. The summed E-state index contributed by atoms with van der Waals surface area (Å²) in [6.45, 7) is 0.274. The van der Waals surface area contributed by atoms with Crippen molar-refractivity contribution in [3.05, 3.63) is 46.5 Å². The fraction of sp³-hybridized carbons (Fsp3) is 0.423. The number of carbonyl (C=O) groups is 2. The minimum Gasteiger partial charge on any atom is -0.454 e. The van der Waals surface area contributed by atoms with Crippen molar-refractivity contribution in [3.8, 4) is 22.8 Å². The van der Waals surface area contributed by atoms with E-state index in [9.17, 15) is 9.59 Å². The Morgan fingerprint density at radius 1 is 1.03 bits per heavy atom. The van der Waals surface area contributed by atoms with Crippen molar-refractivity contribution >= 4 is 29.0 Å². The summed E-state index contributed by atoms with van der Waals surface area (Å²) in [6, 6.07) is 8.22. The van der Waals surface area contributed by atoms with Gasteiger partial charge < -0.3 is 9.47 Å². The lowest BCUT2D eigenvalue weighted by Gasteiger charge is -2.57. The first kappa shape index (κ1) is 19.6. The van der Waals surface area contributed by atoms with Gasteiger partial charge in [-0.2, -0.15) is 0 Å². The number of pyridine rings is 1. The molecule has 8 rings (SSSR count). The van der Waals surface area contributed by atoms with E-state index in [0.29, 0.717) is 4.91 Å². The highest BCUT2D eigenvalue weighted by Gasteiger charge is 2.53. The summed E-state index contributed by atoms with van der Waals surface area (Å²) in [6.07, 6.45) is 11.4. The summed E-state index contributed by atoms with van der Waals surface area (Å²) in [4.78, 5) is 28.3. The third-order valence-corrected chi connectivity index (χ3v) is 8.91. The van der Waals surface area contributed by atoms with Gasteiger partial charge >= 0.3 is 0 Å². The second-order valence-electron chi connectivity index (χ2n) is 10.3. The number of thioether (sulfide) groups is 1. The molecule has 1 aromatic heterocycles. The van der Waals surface area contributed by atoms with Crippen LogP contribution < -0.4 is 14.8 Å². The lowest BCUT2D eigenvalue weighted by Crippen LogP contribution is -2.48. The Labute approximate surface area is 196 Å². The number of fused-ring (bicyclic) bond motifs is 1. The highest BCUT2D eigenvalue weighted by atomic mass is 32.2. The number of nitrogens with zero attached hydrogens (tertiary/aromatic N) is 1. The van der Waals surface area contributed by atoms with Crippen LogP contribution in [0.3, 0.4) is 0 Å². The summed E-state index contributed by atoms with van der Waals surface area (Å²) >= 11 is 0.915. The van der Waals surface area contributed by atoms with Crippen molar-refractivity contribution in [3.63, 3.8) is 0 Å². The van der Waals surface area contributed by atoms with Crippen molar-refractivity contribution in [2.24, 2.45) is 17.8 Å². The van der Waals surface area contributed by atoms with Gasteiger partial charge in [0.05, 0.1) is 10.6 Å². The van der Waals surface area contributed by atoms with Gasteiger partial charge in [0.1, 0.15) is 0 Å². The molecule has 0 radical (unpaired) electrons. The van der Waals surface area contributed by atoms with Crippen LogP contribution >= 0.6 is 11.8 Å². The first-order valence-electron chi connectivity index (χ1n) is 11.7. The molecular weight excluding hydrogens is 436 g/mol. The lowest BCUT2D eigenvalue weighted by atomic mass is 9.48. The minimum absolute atomic E-state index is 0.201. The van der Waals surface area contributed by atoms with Crippen molar-refractivity contribution in [1.29, 1.82) is 0 Å². The zero-order valence-corrected chi connectivity index (χ0v) is 19.0. The van der Waals surface area contributed by atoms with Crippen molar-refractivity contribution < 1.29 is 19.1 Å². The lowest BCUT2D eigenvalue weighted by molar-refractivity contribution is -0.115. The summed E-state index contributed by atoms with van der Waals surface area (Å²) in [7, 11) is 0. The molecule has 2 amide bonds. The third kappa shape index (κ3) is 3.20. The molecule has 33 heavy (non-hydrogen) atoms. The standard InChI is InChI=1S/C26H24N2O4S/c29-24-22(33-25(30)28-24)6-14-1-2-20(27-12-14)18-7-19(23-21(8-18)31-13-32-23)26-9-15-3-16(10-26)5-17(4-15)11-26/h1-2,6-8,12,15-17H,3-5,9-11,13H2,(H,28,29,30)/b22-6-. The molecule has 1 aromatic carbocycles. The Bertz CT molecular complexity index is 1180. The Morgan fingerprint density at radius 3 is 2.42 bits per heavy atom. The SMILES string of the molecule is O=C1NC(=O)/C(=C/c2ccc(-c3cc4c(c(C56CC7CC(CC(C7)C5)C6)c3)OCO4)nc2)S1. The van der Waals surface area contributed by atoms with Crippen LogP contribution in [0.1, 0.15) is 49.7 Å². The maximum absolute atomic E-state index is 11.8. The van der Waals surface area contributed by atoms with E-state index >= 15 is 0 Å². The normalized spacial score (nSPS) is 32.6. The molecule has 1 N–H and O–H groups in total. The first-order chi connectivity index (χ1) is 16.0. The number of nitrogens with one attached hydrogen (secondary N) is 1. The van der Waals surface area contributed by atoms with Crippen molar-refractivity contribution in [1.82, 2.24) is 10.3 Å². The third-order valence-electron chi connectivity index (χ3n) is 8.10. The van der Waals surface area contributed by atoms with Crippen LogP contribution in [0.15, 0.2) is 35.4 Å².